The number of hydrogen-bond donors (Lipinski definition) is 1. The predicted octanol–water partition coefficient (Wildman–Crippen LogP) is 3.23. The maximum Gasteiger partial charge on any atom is 0.241 e. The highest BCUT2D eigenvalue weighted by molar-refractivity contribution is 9.10. The van der Waals surface area contributed by atoms with Crippen LogP contribution in [0.3, 0.4) is 0 Å². The molecule has 25 heavy (non-hydrogen) atoms. The summed E-state index contributed by atoms with van der Waals surface area (Å²) in [7, 11) is -3.65. The van der Waals surface area contributed by atoms with Crippen LogP contribution in [0.1, 0.15) is 18.5 Å². The molecule has 0 aliphatic carbocycles. The summed E-state index contributed by atoms with van der Waals surface area (Å²) in [6, 6.07) is 12.1. The van der Waals surface area contributed by atoms with Crippen molar-refractivity contribution in [3.63, 3.8) is 0 Å². The molecule has 0 heterocycles. The van der Waals surface area contributed by atoms with Crippen molar-refractivity contribution in [3.05, 3.63) is 64.4 Å². The molecule has 0 aliphatic heterocycles. The summed E-state index contributed by atoms with van der Waals surface area (Å²) in [5, 5.41) is 2.72. The van der Waals surface area contributed by atoms with Gasteiger partial charge in [-0.15, -0.1) is 0 Å². The molecule has 0 aromatic heterocycles. The molecule has 0 fully saturated rings. The highest BCUT2D eigenvalue weighted by Gasteiger charge is 2.23. The van der Waals surface area contributed by atoms with Gasteiger partial charge in [-0.1, -0.05) is 24.3 Å². The zero-order chi connectivity index (χ0) is 18.6. The van der Waals surface area contributed by atoms with Crippen LogP contribution in [0, 0.1) is 5.82 Å². The fourth-order valence-corrected chi connectivity index (χ4v) is 3.77. The normalized spacial score (nSPS) is 12.5. The average molecular weight is 429 g/mol. The Morgan fingerprint density at radius 2 is 1.80 bits per heavy atom. The second kappa shape index (κ2) is 7.97. The number of halogens is 2. The van der Waals surface area contributed by atoms with Gasteiger partial charge in [-0.05, 0) is 52.7 Å². The topological polar surface area (TPSA) is 66.5 Å². The van der Waals surface area contributed by atoms with Crippen LogP contribution in [-0.2, 0) is 14.8 Å². The summed E-state index contributed by atoms with van der Waals surface area (Å²) >= 11 is 3.30. The smallest absolute Gasteiger partial charge is 0.241 e. The van der Waals surface area contributed by atoms with Gasteiger partial charge < -0.3 is 5.32 Å². The number of nitrogens with zero attached hydrogens (tertiary/aromatic N) is 1. The second-order valence-corrected chi connectivity index (χ2v) is 8.32. The molecule has 1 N–H and O–H groups in total. The van der Waals surface area contributed by atoms with E-state index in [4.69, 9.17) is 0 Å². The van der Waals surface area contributed by atoms with Crippen molar-refractivity contribution in [3.8, 4) is 0 Å². The maximum absolute atomic E-state index is 13.0. The first-order chi connectivity index (χ1) is 11.7. The van der Waals surface area contributed by atoms with Gasteiger partial charge in [0.05, 0.1) is 18.0 Å². The van der Waals surface area contributed by atoms with Gasteiger partial charge in [-0.3, -0.25) is 9.10 Å². The van der Waals surface area contributed by atoms with E-state index < -0.39 is 15.9 Å². The summed E-state index contributed by atoms with van der Waals surface area (Å²) in [6.45, 7) is 1.39. The molecule has 8 heteroatoms. The van der Waals surface area contributed by atoms with Crippen molar-refractivity contribution in [2.45, 2.75) is 13.0 Å². The Morgan fingerprint density at radius 3 is 2.36 bits per heavy atom. The lowest BCUT2D eigenvalue weighted by atomic mass is 10.1. The fraction of sp³-hybridized carbons (Fsp3) is 0.235. The van der Waals surface area contributed by atoms with Gasteiger partial charge in [0.25, 0.3) is 0 Å². The number of carbonyl (C=O) groups excluding carboxylic acids is 1. The van der Waals surface area contributed by atoms with Crippen molar-refractivity contribution in [2.75, 3.05) is 17.1 Å². The molecule has 0 aliphatic rings. The van der Waals surface area contributed by atoms with Crippen molar-refractivity contribution < 1.29 is 17.6 Å². The standard InChI is InChI=1S/C17H18BrFN2O3S/c1-12(13-7-9-14(19)10-8-13)20-17(22)11-21(25(2,23)24)16-6-4-3-5-15(16)18/h3-10,12H,11H2,1-2H3,(H,20,22)/t12-/m1/s1. The van der Waals surface area contributed by atoms with E-state index >= 15 is 0 Å². The minimum atomic E-state index is -3.65. The summed E-state index contributed by atoms with van der Waals surface area (Å²) < 4.78 is 38.8. The Bertz CT molecular complexity index is 856. The van der Waals surface area contributed by atoms with Crippen LogP contribution in [-0.4, -0.2) is 27.1 Å². The van der Waals surface area contributed by atoms with Gasteiger partial charge in [0.15, 0.2) is 0 Å². The van der Waals surface area contributed by atoms with Crippen LogP contribution in [0.15, 0.2) is 53.0 Å². The van der Waals surface area contributed by atoms with Crippen molar-refractivity contribution in [2.24, 2.45) is 0 Å². The number of carbonyl (C=O) groups is 1. The number of para-hydroxylation sites is 1. The van der Waals surface area contributed by atoms with Gasteiger partial charge in [-0.2, -0.15) is 0 Å². The maximum atomic E-state index is 13.0. The molecule has 1 amide bonds. The quantitative estimate of drug-likeness (QED) is 0.767. The molecule has 5 nitrogen and oxygen atoms in total. The van der Waals surface area contributed by atoms with Crippen LogP contribution in [0.4, 0.5) is 10.1 Å². The van der Waals surface area contributed by atoms with Crippen molar-refractivity contribution in [1.82, 2.24) is 5.32 Å². The summed E-state index contributed by atoms with van der Waals surface area (Å²) in [5.74, 6) is -0.822. The third-order valence-corrected chi connectivity index (χ3v) is 5.35. The first kappa shape index (κ1) is 19.4. The van der Waals surface area contributed by atoms with Gasteiger partial charge in [0, 0.05) is 4.47 Å². The van der Waals surface area contributed by atoms with Crippen LogP contribution >= 0.6 is 15.9 Å². The number of rotatable bonds is 6. The first-order valence-corrected chi connectivity index (χ1v) is 10.1. The number of hydrogen-bond acceptors (Lipinski definition) is 3. The second-order valence-electron chi connectivity index (χ2n) is 5.56. The first-order valence-electron chi connectivity index (χ1n) is 7.45. The number of amides is 1. The van der Waals surface area contributed by atoms with Gasteiger partial charge in [0.2, 0.25) is 15.9 Å². The van der Waals surface area contributed by atoms with E-state index in [1.54, 1.807) is 43.3 Å². The third-order valence-electron chi connectivity index (χ3n) is 3.56. The fourth-order valence-electron chi connectivity index (χ4n) is 2.29. The van der Waals surface area contributed by atoms with E-state index in [1.807, 2.05) is 0 Å². The molecule has 2 aromatic rings. The van der Waals surface area contributed by atoms with E-state index in [9.17, 15) is 17.6 Å². The zero-order valence-electron chi connectivity index (χ0n) is 13.7. The molecule has 134 valence electrons. The van der Waals surface area contributed by atoms with Gasteiger partial charge in [0.1, 0.15) is 12.4 Å². The Labute approximate surface area is 155 Å². The van der Waals surface area contributed by atoms with Crippen LogP contribution in [0.5, 0.6) is 0 Å². The van der Waals surface area contributed by atoms with E-state index in [-0.39, 0.29) is 18.4 Å². The molecular weight excluding hydrogens is 411 g/mol. The Kier molecular flexibility index (Phi) is 6.18. The number of nitrogens with one attached hydrogen (secondary N) is 1. The lowest BCUT2D eigenvalue weighted by molar-refractivity contribution is -0.120. The molecule has 0 radical (unpaired) electrons. The number of anilines is 1. The highest BCUT2D eigenvalue weighted by atomic mass is 79.9. The number of benzene rings is 2. The summed E-state index contributed by atoms with van der Waals surface area (Å²) in [5.41, 5.74) is 1.11. The van der Waals surface area contributed by atoms with Crippen LogP contribution < -0.4 is 9.62 Å². The van der Waals surface area contributed by atoms with E-state index in [0.717, 1.165) is 16.1 Å². The molecule has 0 spiro atoms. The molecule has 0 saturated carbocycles. The lowest BCUT2D eigenvalue weighted by Crippen LogP contribution is -2.41. The van der Waals surface area contributed by atoms with E-state index in [0.29, 0.717) is 10.2 Å². The third kappa shape index (κ3) is 5.27. The average Bonchev–Trinajstić information content (AvgIpc) is 2.53. The predicted molar refractivity (Wildman–Crippen MR) is 99.3 cm³/mol. The summed E-state index contributed by atoms with van der Waals surface area (Å²) in [4.78, 5) is 12.3. The van der Waals surface area contributed by atoms with Crippen molar-refractivity contribution in [1.29, 1.82) is 0 Å². The molecule has 1 atom stereocenters. The van der Waals surface area contributed by atoms with E-state index in [2.05, 4.69) is 21.2 Å². The monoisotopic (exact) mass is 428 g/mol. The minimum Gasteiger partial charge on any atom is -0.348 e. The van der Waals surface area contributed by atoms with Crippen LogP contribution in [0.2, 0.25) is 0 Å². The minimum absolute atomic E-state index is 0.354. The molecular formula is C17H18BrFN2O3S. The molecule has 0 unspecified atom stereocenters. The molecule has 0 saturated heterocycles. The van der Waals surface area contributed by atoms with E-state index in [1.165, 1.54) is 12.1 Å². The largest absolute Gasteiger partial charge is 0.348 e. The molecule has 2 aromatic carbocycles. The van der Waals surface area contributed by atoms with Gasteiger partial charge in [-0.25, -0.2) is 12.8 Å². The van der Waals surface area contributed by atoms with Crippen molar-refractivity contribution >= 4 is 37.5 Å². The molecule has 0 bridgehead atoms. The summed E-state index contributed by atoms with van der Waals surface area (Å²) in [6.07, 6.45) is 1.04. The Balaban J connectivity index is 2.15. The SMILES string of the molecule is C[C@@H](NC(=O)CN(c1ccccc1Br)S(C)(=O)=O)c1ccc(F)cc1. The van der Waals surface area contributed by atoms with Gasteiger partial charge >= 0.3 is 0 Å². The Hall–Kier alpha value is -1.93. The highest BCUT2D eigenvalue weighted by Crippen LogP contribution is 2.27. The van der Waals surface area contributed by atoms with Crippen LogP contribution in [0.25, 0.3) is 0 Å². The number of sulfonamides is 1. The zero-order valence-corrected chi connectivity index (χ0v) is 16.1. The lowest BCUT2D eigenvalue weighted by Gasteiger charge is -2.24. The molecule has 2 rings (SSSR count). The Morgan fingerprint density at radius 1 is 1.20 bits per heavy atom.